The molecule has 0 radical (unpaired) electrons. The molecule has 0 unspecified atom stereocenters. The van der Waals surface area contributed by atoms with Crippen molar-refractivity contribution in [2.45, 2.75) is 98.1 Å². The van der Waals surface area contributed by atoms with Crippen molar-refractivity contribution in [3.63, 3.8) is 0 Å². The number of amides is 3. The molecule has 314 valence electrons. The highest BCUT2D eigenvalue weighted by molar-refractivity contribution is 7.80. The summed E-state index contributed by atoms with van der Waals surface area (Å²) in [6.07, 6.45) is -1.18. The van der Waals surface area contributed by atoms with E-state index in [1.54, 1.807) is 47.6 Å². The van der Waals surface area contributed by atoms with Crippen LogP contribution in [0.15, 0.2) is 28.3 Å². The van der Waals surface area contributed by atoms with Gasteiger partial charge in [0.25, 0.3) is 5.91 Å². The van der Waals surface area contributed by atoms with Crippen LogP contribution < -0.4 is 21.1 Å². The van der Waals surface area contributed by atoms with Gasteiger partial charge in [0.1, 0.15) is 23.6 Å². The minimum Gasteiger partial charge on any atom is -0.490 e. The Balaban J connectivity index is 1.34. The van der Waals surface area contributed by atoms with Crippen LogP contribution in [0.4, 0.5) is 14.7 Å². The number of guanidine groups is 1. The predicted octanol–water partition coefficient (Wildman–Crippen LogP) is 3.16. The number of Topliss-reactive ketones (excluding diaryl/α,β-unsaturated/α-hetero) is 1. The second-order valence-corrected chi connectivity index (χ2v) is 17.2. The van der Waals surface area contributed by atoms with E-state index >= 15 is 0 Å². The number of oxime groups is 1. The summed E-state index contributed by atoms with van der Waals surface area (Å²) >= 11 is 0.743. The minimum absolute atomic E-state index is 0.00772. The number of anilines is 1. The fourth-order valence-electron chi connectivity index (χ4n) is 5.43. The Kier molecular flexibility index (Phi) is 14.1. The average molecular weight is 840 g/mol. The maximum Gasteiger partial charge on any atom is 0.418 e. The van der Waals surface area contributed by atoms with E-state index in [9.17, 15) is 27.6 Å². The number of aliphatic imine (C=N–C) groups is 1. The molecule has 3 amide bonds. The summed E-state index contributed by atoms with van der Waals surface area (Å²) in [5, 5.41) is 9.54. The summed E-state index contributed by atoms with van der Waals surface area (Å²) in [5.41, 5.74) is 5.23. The zero-order valence-electron chi connectivity index (χ0n) is 33.0. The molecule has 57 heavy (non-hydrogen) atoms. The second-order valence-electron chi connectivity index (χ2n) is 15.4. The summed E-state index contributed by atoms with van der Waals surface area (Å²) in [7, 11) is -5.00. The first-order chi connectivity index (χ1) is 26.4. The smallest absolute Gasteiger partial charge is 0.418 e. The number of nitrogens with two attached hydrogens (primary N) is 1. The van der Waals surface area contributed by atoms with Gasteiger partial charge in [0, 0.05) is 44.1 Å². The van der Waals surface area contributed by atoms with Crippen molar-refractivity contribution >= 4 is 62.6 Å². The SMILES string of the molecule is CC(C)(C)OC(=O)NCCCN=C(N)N1Cc2ccc(OCCO/N=C(\C(=O)C[C@@H]3C(=O)N(OS(=O)(=O)O)C3(C)C)c3nsc(NC(=O)OC(C)(C)C)n3)cc2C1. The summed E-state index contributed by atoms with van der Waals surface area (Å²) in [6.45, 7) is 15.1. The van der Waals surface area contributed by atoms with Crippen LogP contribution in [-0.4, -0.2) is 111 Å². The van der Waals surface area contributed by atoms with Gasteiger partial charge < -0.3 is 35.0 Å². The lowest BCUT2D eigenvalue weighted by atomic mass is 9.75. The summed E-state index contributed by atoms with van der Waals surface area (Å²) in [5.74, 6) is -1.96. The first-order valence-corrected chi connectivity index (χ1v) is 19.9. The molecule has 1 atom stereocenters. The van der Waals surface area contributed by atoms with Crippen molar-refractivity contribution in [3.8, 4) is 5.75 Å². The van der Waals surface area contributed by atoms with Gasteiger partial charge in [0.05, 0.1) is 11.5 Å². The molecule has 2 aliphatic heterocycles. The number of nitrogens with zero attached hydrogens (tertiary/aromatic N) is 6. The number of hydroxylamine groups is 2. The third kappa shape index (κ3) is 13.2. The molecule has 0 spiro atoms. The largest absolute Gasteiger partial charge is 0.490 e. The van der Waals surface area contributed by atoms with E-state index in [0.717, 1.165) is 22.7 Å². The Labute approximate surface area is 334 Å². The van der Waals surface area contributed by atoms with Crippen molar-refractivity contribution in [1.29, 1.82) is 0 Å². The summed E-state index contributed by atoms with van der Waals surface area (Å²) < 4.78 is 56.3. The Morgan fingerprint density at radius 1 is 1.05 bits per heavy atom. The van der Waals surface area contributed by atoms with E-state index in [4.69, 9.17) is 29.3 Å². The molecule has 2 aromatic rings. The van der Waals surface area contributed by atoms with Crippen molar-refractivity contribution in [1.82, 2.24) is 24.6 Å². The predicted molar refractivity (Wildman–Crippen MR) is 205 cm³/mol. The molecule has 2 aliphatic rings. The number of benzene rings is 1. The molecular weight excluding hydrogens is 791 g/mol. The number of hydrogen-bond donors (Lipinski definition) is 4. The van der Waals surface area contributed by atoms with E-state index < -0.39 is 63.4 Å². The fraction of sp³-hybridized carbons (Fsp3) is 0.588. The fourth-order valence-corrected chi connectivity index (χ4v) is 6.44. The Morgan fingerprint density at radius 3 is 2.37 bits per heavy atom. The highest BCUT2D eigenvalue weighted by atomic mass is 32.3. The molecule has 3 heterocycles. The van der Waals surface area contributed by atoms with Crippen LogP contribution in [0.1, 0.15) is 85.2 Å². The van der Waals surface area contributed by atoms with E-state index in [1.165, 1.54) is 13.8 Å². The number of carbonyl (C=O) groups excluding carboxylic acids is 4. The number of hydrogen-bond acceptors (Lipinski definition) is 16. The van der Waals surface area contributed by atoms with Gasteiger partial charge >= 0.3 is 22.6 Å². The van der Waals surface area contributed by atoms with Crippen molar-refractivity contribution in [2.75, 3.05) is 31.6 Å². The van der Waals surface area contributed by atoms with Crippen LogP contribution >= 0.6 is 11.5 Å². The van der Waals surface area contributed by atoms with Crippen LogP contribution in [-0.2, 0) is 51.7 Å². The first kappa shape index (κ1) is 44.6. The van der Waals surface area contributed by atoms with Gasteiger partial charge in [-0.2, -0.15) is 22.8 Å². The molecule has 0 saturated carbocycles. The monoisotopic (exact) mass is 839 g/mol. The Hall–Kier alpha value is -5.13. The average Bonchev–Trinajstić information content (AvgIpc) is 3.72. The number of fused-ring (bicyclic) bond motifs is 1. The molecule has 23 heteroatoms. The number of rotatable bonds is 16. The zero-order chi connectivity index (χ0) is 42.3. The number of β-lactam (4-membered cyclic amide) rings is 1. The topological polar surface area (TPSA) is 276 Å². The lowest BCUT2D eigenvalue weighted by Crippen LogP contribution is -2.68. The molecule has 1 aromatic heterocycles. The maximum atomic E-state index is 13.6. The third-order valence-electron chi connectivity index (χ3n) is 8.04. The quantitative estimate of drug-likeness (QED) is 0.0472. The lowest BCUT2D eigenvalue weighted by molar-refractivity contribution is -0.228. The molecule has 0 aliphatic carbocycles. The zero-order valence-corrected chi connectivity index (χ0v) is 34.6. The van der Waals surface area contributed by atoms with E-state index in [-0.39, 0.29) is 29.9 Å². The standard InChI is InChI=1S/C34H49N9O12S2/c1-32(2,3)53-30(46)37-13-9-12-36-28(35)42-18-20-10-11-22(16-21(20)19-42)51-14-15-52-40-25(26-38-29(56-41-26)39-31(47)54-33(4,5)6)24(44)17-23-27(45)43(34(23,7)8)55-57(48,49)50/h10-11,16,23H,9,12-15,17-19H2,1-8H3,(H2,35,36)(H,37,46)(H,48,49,50)(H,38,39,41,47)/b40-25+/t23-/m1/s1. The maximum absolute atomic E-state index is 13.6. The number of ketones is 1. The van der Waals surface area contributed by atoms with Crippen LogP contribution in [0.5, 0.6) is 5.75 Å². The second kappa shape index (κ2) is 18.0. The summed E-state index contributed by atoms with van der Waals surface area (Å²) in [4.78, 5) is 66.3. The molecule has 1 aromatic carbocycles. The summed E-state index contributed by atoms with van der Waals surface area (Å²) in [6, 6.07) is 5.58. The van der Waals surface area contributed by atoms with Gasteiger partial charge in [-0.15, -0.1) is 4.28 Å². The first-order valence-electron chi connectivity index (χ1n) is 17.8. The molecule has 4 rings (SSSR count). The van der Waals surface area contributed by atoms with E-state index in [0.29, 0.717) is 49.4 Å². The number of alkyl carbamates (subject to hydrolysis) is 1. The van der Waals surface area contributed by atoms with Crippen molar-refractivity contribution in [2.24, 2.45) is 21.8 Å². The van der Waals surface area contributed by atoms with Gasteiger partial charge in [-0.05, 0) is 85.1 Å². The van der Waals surface area contributed by atoms with Gasteiger partial charge in [0.15, 0.2) is 24.1 Å². The highest BCUT2D eigenvalue weighted by Crippen LogP contribution is 2.40. The van der Waals surface area contributed by atoms with E-state index in [1.807, 2.05) is 17.0 Å². The molecular formula is C34H49N9O12S2. The van der Waals surface area contributed by atoms with Crippen LogP contribution in [0, 0.1) is 5.92 Å². The molecule has 0 bridgehead atoms. The number of aromatic nitrogens is 2. The van der Waals surface area contributed by atoms with Crippen LogP contribution in [0.2, 0.25) is 0 Å². The van der Waals surface area contributed by atoms with Crippen LogP contribution in [0.25, 0.3) is 0 Å². The van der Waals surface area contributed by atoms with Crippen LogP contribution in [0.3, 0.4) is 0 Å². The third-order valence-corrected chi connectivity index (χ3v) is 9.01. The van der Waals surface area contributed by atoms with Crippen molar-refractivity contribution in [3.05, 3.63) is 35.2 Å². The number of ether oxygens (including phenoxy) is 3. The van der Waals surface area contributed by atoms with Gasteiger partial charge in [0.2, 0.25) is 11.0 Å². The van der Waals surface area contributed by atoms with E-state index in [2.05, 4.69) is 34.4 Å². The van der Waals surface area contributed by atoms with Gasteiger partial charge in [-0.25, -0.2) is 9.59 Å². The minimum atomic E-state index is -5.00. The van der Waals surface area contributed by atoms with Crippen molar-refractivity contribution < 1.29 is 55.5 Å². The molecule has 1 saturated heterocycles. The number of carbonyl (C=O) groups is 4. The molecule has 21 nitrogen and oxygen atoms in total. The van der Waals surface area contributed by atoms with Gasteiger partial charge in [-0.1, -0.05) is 11.2 Å². The molecule has 5 N–H and O–H groups in total. The van der Waals surface area contributed by atoms with Gasteiger partial charge in [-0.3, -0.25) is 24.5 Å². The Morgan fingerprint density at radius 2 is 1.72 bits per heavy atom. The Bertz CT molecular complexity index is 1990. The normalized spacial score (nSPS) is 17.1. The highest BCUT2D eigenvalue weighted by Gasteiger charge is 2.57. The number of nitrogens with one attached hydrogen (secondary N) is 2. The lowest BCUT2D eigenvalue weighted by Gasteiger charge is -2.50. The molecule has 1 fully saturated rings.